The lowest BCUT2D eigenvalue weighted by Crippen LogP contribution is -1.99. The van der Waals surface area contributed by atoms with Crippen molar-refractivity contribution in [3.63, 3.8) is 0 Å². The van der Waals surface area contributed by atoms with Gasteiger partial charge in [0.05, 0.1) is 6.20 Å². The third-order valence-electron chi connectivity index (χ3n) is 1.35. The van der Waals surface area contributed by atoms with Gasteiger partial charge in [-0.1, -0.05) is 6.07 Å². The molecule has 15 heavy (non-hydrogen) atoms. The summed E-state index contributed by atoms with van der Waals surface area (Å²) in [6.45, 7) is 0. The van der Waals surface area contributed by atoms with E-state index in [1.54, 1.807) is 12.4 Å². The van der Waals surface area contributed by atoms with Crippen LogP contribution in [-0.2, 0) is 0 Å². The van der Waals surface area contributed by atoms with E-state index >= 15 is 0 Å². The third kappa shape index (κ3) is 4.47. The molecule has 0 saturated carbocycles. The Morgan fingerprint density at radius 2 is 1.73 bits per heavy atom. The summed E-state index contributed by atoms with van der Waals surface area (Å²) in [5.74, 6) is -1.05. The molecule has 0 bridgehead atoms. The maximum atomic E-state index is 10.1. The number of pyridine rings is 1. The lowest BCUT2D eigenvalue weighted by molar-refractivity contribution is 0.0690. The molecule has 5 nitrogen and oxygen atoms in total. The topological polar surface area (TPSA) is 76.0 Å². The number of rotatable bonds is 1. The van der Waals surface area contributed by atoms with Crippen molar-refractivity contribution in [1.29, 1.82) is 0 Å². The smallest absolute Gasteiger partial charge is 0.356 e. The summed E-state index contributed by atoms with van der Waals surface area (Å²) in [6.07, 6.45) is 7.46. The van der Waals surface area contributed by atoms with E-state index in [0.717, 1.165) is 0 Å². The lowest BCUT2D eigenvalue weighted by atomic mass is 10.5. The molecule has 0 aliphatic heterocycles. The molecule has 0 amide bonds. The van der Waals surface area contributed by atoms with Crippen molar-refractivity contribution in [3.05, 3.63) is 54.9 Å². The van der Waals surface area contributed by atoms with Gasteiger partial charge in [0.2, 0.25) is 0 Å². The second kappa shape index (κ2) is 6.20. The SMILES string of the molecule is O=C(O)c1cnccn1.c1ccncc1. The van der Waals surface area contributed by atoms with Gasteiger partial charge in [0.25, 0.3) is 0 Å². The maximum absolute atomic E-state index is 10.1. The summed E-state index contributed by atoms with van der Waals surface area (Å²) in [4.78, 5) is 21.0. The van der Waals surface area contributed by atoms with Crippen molar-refractivity contribution in [2.24, 2.45) is 0 Å². The molecular formula is C10H9N3O2. The summed E-state index contributed by atoms with van der Waals surface area (Å²) in [5, 5.41) is 8.28. The van der Waals surface area contributed by atoms with Crippen LogP contribution in [0.4, 0.5) is 0 Å². The van der Waals surface area contributed by atoms with Crippen LogP contribution in [-0.4, -0.2) is 26.0 Å². The van der Waals surface area contributed by atoms with Crippen LogP contribution in [0.5, 0.6) is 0 Å². The van der Waals surface area contributed by atoms with E-state index in [1.165, 1.54) is 18.6 Å². The van der Waals surface area contributed by atoms with E-state index in [-0.39, 0.29) is 5.69 Å². The molecule has 0 aliphatic rings. The second-order valence-corrected chi connectivity index (χ2v) is 2.42. The van der Waals surface area contributed by atoms with Gasteiger partial charge in [-0.2, -0.15) is 0 Å². The van der Waals surface area contributed by atoms with E-state index in [2.05, 4.69) is 15.0 Å². The number of hydrogen-bond acceptors (Lipinski definition) is 4. The average Bonchev–Trinajstić information content (AvgIpc) is 2.33. The normalized spacial score (nSPS) is 8.53. The molecule has 2 aromatic heterocycles. The van der Waals surface area contributed by atoms with E-state index in [4.69, 9.17) is 5.11 Å². The highest BCUT2D eigenvalue weighted by Gasteiger charge is 2.00. The third-order valence-corrected chi connectivity index (χ3v) is 1.35. The Kier molecular flexibility index (Phi) is 4.45. The van der Waals surface area contributed by atoms with Gasteiger partial charge >= 0.3 is 5.97 Å². The Morgan fingerprint density at radius 3 is 2.00 bits per heavy atom. The first-order valence-corrected chi connectivity index (χ1v) is 4.15. The highest BCUT2D eigenvalue weighted by molar-refractivity contribution is 5.84. The quantitative estimate of drug-likeness (QED) is 0.754. The van der Waals surface area contributed by atoms with Gasteiger partial charge in [-0.15, -0.1) is 0 Å². The van der Waals surface area contributed by atoms with Crippen molar-refractivity contribution >= 4 is 5.97 Å². The van der Waals surface area contributed by atoms with Crippen LogP contribution in [0, 0.1) is 0 Å². The monoisotopic (exact) mass is 203 g/mol. The molecule has 0 radical (unpaired) electrons. The van der Waals surface area contributed by atoms with Crippen molar-refractivity contribution in [2.45, 2.75) is 0 Å². The van der Waals surface area contributed by atoms with Gasteiger partial charge in [0.15, 0.2) is 5.69 Å². The molecule has 5 heteroatoms. The van der Waals surface area contributed by atoms with Crippen LogP contribution < -0.4 is 0 Å². The van der Waals surface area contributed by atoms with Crippen LogP contribution in [0.15, 0.2) is 49.2 Å². The van der Waals surface area contributed by atoms with Crippen molar-refractivity contribution < 1.29 is 9.90 Å². The zero-order chi connectivity index (χ0) is 10.9. The van der Waals surface area contributed by atoms with Crippen molar-refractivity contribution in [2.75, 3.05) is 0 Å². The molecule has 0 fully saturated rings. The average molecular weight is 203 g/mol. The fourth-order valence-electron chi connectivity index (χ4n) is 0.722. The van der Waals surface area contributed by atoms with E-state index < -0.39 is 5.97 Å². The number of carboxylic acids is 1. The molecule has 2 aromatic rings. The minimum absolute atomic E-state index is 0.0301. The molecular weight excluding hydrogens is 194 g/mol. The molecule has 2 heterocycles. The van der Waals surface area contributed by atoms with Crippen LogP contribution >= 0.6 is 0 Å². The summed E-state index contributed by atoms with van der Waals surface area (Å²) in [5.41, 5.74) is -0.0301. The Balaban J connectivity index is 0.000000162. The Labute approximate surface area is 86.5 Å². The highest BCUT2D eigenvalue weighted by atomic mass is 16.4. The van der Waals surface area contributed by atoms with E-state index in [9.17, 15) is 4.79 Å². The summed E-state index contributed by atoms with van der Waals surface area (Å²) in [6, 6.07) is 5.72. The van der Waals surface area contributed by atoms with E-state index in [1.807, 2.05) is 18.2 Å². The standard InChI is InChI=1S/C5H4N2O2.C5H5N/c8-5(9)4-3-6-1-2-7-4;1-2-4-6-5-3-1/h1-3H,(H,8,9);1-5H. The fourth-order valence-corrected chi connectivity index (χ4v) is 0.722. The molecule has 76 valence electrons. The van der Waals surface area contributed by atoms with Gasteiger partial charge in [0, 0.05) is 24.8 Å². The molecule has 0 spiro atoms. The maximum Gasteiger partial charge on any atom is 0.356 e. The fraction of sp³-hybridized carbons (Fsp3) is 0. The van der Waals surface area contributed by atoms with Crippen LogP contribution in [0.2, 0.25) is 0 Å². The second-order valence-electron chi connectivity index (χ2n) is 2.42. The molecule has 0 saturated heterocycles. The predicted octanol–water partition coefficient (Wildman–Crippen LogP) is 1.26. The summed E-state index contributed by atoms with van der Waals surface area (Å²) >= 11 is 0. The van der Waals surface area contributed by atoms with Crippen molar-refractivity contribution in [3.8, 4) is 0 Å². The molecule has 0 atom stereocenters. The molecule has 0 unspecified atom stereocenters. The zero-order valence-electron chi connectivity index (χ0n) is 7.82. The Hall–Kier alpha value is -2.30. The largest absolute Gasteiger partial charge is 0.476 e. The van der Waals surface area contributed by atoms with E-state index in [0.29, 0.717) is 0 Å². The minimum Gasteiger partial charge on any atom is -0.476 e. The number of nitrogens with zero attached hydrogens (tertiary/aromatic N) is 3. The number of hydrogen-bond donors (Lipinski definition) is 1. The molecule has 2 rings (SSSR count). The van der Waals surface area contributed by atoms with Gasteiger partial charge in [-0.3, -0.25) is 9.97 Å². The van der Waals surface area contributed by atoms with Gasteiger partial charge < -0.3 is 5.11 Å². The van der Waals surface area contributed by atoms with Gasteiger partial charge in [-0.05, 0) is 12.1 Å². The van der Waals surface area contributed by atoms with Crippen LogP contribution in [0.1, 0.15) is 10.5 Å². The number of carbonyl (C=O) groups is 1. The minimum atomic E-state index is -1.05. The summed E-state index contributed by atoms with van der Waals surface area (Å²) < 4.78 is 0. The zero-order valence-corrected chi connectivity index (χ0v) is 7.82. The van der Waals surface area contributed by atoms with Gasteiger partial charge in [0.1, 0.15) is 0 Å². The Bertz CT molecular complexity index is 365. The predicted molar refractivity (Wildman–Crippen MR) is 53.2 cm³/mol. The highest BCUT2D eigenvalue weighted by Crippen LogP contribution is 1.86. The van der Waals surface area contributed by atoms with Crippen LogP contribution in [0.25, 0.3) is 0 Å². The first-order valence-electron chi connectivity index (χ1n) is 4.15. The number of aromatic carboxylic acids is 1. The first-order chi connectivity index (χ1) is 7.30. The molecule has 0 aromatic carbocycles. The summed E-state index contributed by atoms with van der Waals surface area (Å²) in [7, 11) is 0. The first kappa shape index (κ1) is 10.8. The molecule has 0 aliphatic carbocycles. The van der Waals surface area contributed by atoms with Gasteiger partial charge in [-0.25, -0.2) is 9.78 Å². The number of aromatic nitrogens is 3. The van der Waals surface area contributed by atoms with Crippen molar-refractivity contribution in [1.82, 2.24) is 15.0 Å². The number of carboxylic acid groups (broad SMARTS) is 1. The Morgan fingerprint density at radius 1 is 1.00 bits per heavy atom. The van der Waals surface area contributed by atoms with Crippen LogP contribution in [0.3, 0.4) is 0 Å². The lowest BCUT2D eigenvalue weighted by Gasteiger charge is -1.86. The molecule has 1 N–H and O–H groups in total.